The number of ether oxygens (including phenoxy) is 4. The minimum absolute atomic E-state index is 0.165. The van der Waals surface area contributed by atoms with Gasteiger partial charge in [0.25, 0.3) is 0 Å². The van der Waals surface area contributed by atoms with Crippen LogP contribution in [0.5, 0.6) is 17.2 Å². The van der Waals surface area contributed by atoms with E-state index in [-0.39, 0.29) is 6.10 Å². The van der Waals surface area contributed by atoms with Gasteiger partial charge in [-0.3, -0.25) is 4.79 Å². The molecule has 0 spiro atoms. The minimum atomic E-state index is -0.746. The maximum Gasteiger partial charge on any atom is 0.248 e. The van der Waals surface area contributed by atoms with Crippen molar-refractivity contribution in [3.05, 3.63) is 53.6 Å². The van der Waals surface area contributed by atoms with Crippen molar-refractivity contribution in [1.82, 2.24) is 0 Å². The molecule has 1 heterocycles. The smallest absolute Gasteiger partial charge is 0.248 e. The first-order valence-corrected chi connectivity index (χ1v) is 9.25. The number of hydrogen-bond acceptors (Lipinski definition) is 6. The number of primary amides is 1. The largest absolute Gasteiger partial charge is 0.491 e. The summed E-state index contributed by atoms with van der Waals surface area (Å²) in [5, 5.41) is 9.92. The highest BCUT2D eigenvalue weighted by atomic mass is 16.6. The van der Waals surface area contributed by atoms with Gasteiger partial charge in [0.15, 0.2) is 0 Å². The highest BCUT2D eigenvalue weighted by molar-refractivity contribution is 5.93. The summed E-state index contributed by atoms with van der Waals surface area (Å²) in [6, 6.07) is 11.8. The van der Waals surface area contributed by atoms with Crippen LogP contribution in [0.1, 0.15) is 35.4 Å². The van der Waals surface area contributed by atoms with Crippen LogP contribution in [-0.4, -0.2) is 43.5 Å². The number of amides is 1. The molecular formula is C21H25NO6. The Labute approximate surface area is 164 Å². The Bertz CT molecular complexity index is 784. The predicted octanol–water partition coefficient (Wildman–Crippen LogP) is 2.82. The highest BCUT2D eigenvalue weighted by Gasteiger charge is 2.16. The minimum Gasteiger partial charge on any atom is -0.491 e. The molecule has 0 bridgehead atoms. The molecule has 1 fully saturated rings. The number of aliphatic hydroxyl groups is 1. The predicted molar refractivity (Wildman–Crippen MR) is 103 cm³/mol. The fourth-order valence-corrected chi connectivity index (χ4v) is 2.87. The molecule has 0 aromatic heterocycles. The molecule has 1 aliphatic heterocycles. The topological polar surface area (TPSA) is 100 Å². The molecule has 1 aliphatic rings. The molecular weight excluding hydrogens is 362 g/mol. The fraction of sp³-hybridized carbons (Fsp3) is 0.381. The molecule has 3 N–H and O–H groups in total. The van der Waals surface area contributed by atoms with Crippen molar-refractivity contribution in [2.45, 2.75) is 25.6 Å². The molecule has 0 aliphatic carbocycles. The Balaban J connectivity index is 1.57. The number of aliphatic hydroxyl groups excluding tert-OH is 1. The Morgan fingerprint density at radius 3 is 2.61 bits per heavy atom. The Morgan fingerprint density at radius 2 is 1.96 bits per heavy atom. The van der Waals surface area contributed by atoms with Crippen molar-refractivity contribution in [3.8, 4) is 17.2 Å². The molecule has 28 heavy (non-hydrogen) atoms. The zero-order valence-corrected chi connectivity index (χ0v) is 15.8. The molecule has 7 nitrogen and oxygen atoms in total. The summed E-state index contributed by atoms with van der Waals surface area (Å²) in [6.07, 6.45) is 0.348. The van der Waals surface area contributed by atoms with Crippen LogP contribution in [0.4, 0.5) is 0 Å². The average molecular weight is 387 g/mol. The molecule has 2 atom stereocenters. The summed E-state index contributed by atoms with van der Waals surface area (Å²) in [4.78, 5) is 11.4. The van der Waals surface area contributed by atoms with Gasteiger partial charge in [-0.05, 0) is 49.7 Å². The number of rotatable bonds is 9. The Kier molecular flexibility index (Phi) is 6.86. The molecule has 1 amide bonds. The molecule has 1 saturated heterocycles. The van der Waals surface area contributed by atoms with Crippen molar-refractivity contribution < 1.29 is 28.8 Å². The molecule has 2 aromatic rings. The molecule has 0 saturated carbocycles. The maximum atomic E-state index is 11.4. The number of benzene rings is 2. The van der Waals surface area contributed by atoms with Crippen molar-refractivity contribution >= 4 is 5.91 Å². The number of hydrogen-bond donors (Lipinski definition) is 2. The molecule has 3 rings (SSSR count). The molecule has 7 heteroatoms. The van der Waals surface area contributed by atoms with Gasteiger partial charge >= 0.3 is 0 Å². The first kappa shape index (κ1) is 20.1. The molecule has 0 radical (unpaired) electrons. The second-order valence-corrected chi connectivity index (χ2v) is 6.57. The Morgan fingerprint density at radius 1 is 1.21 bits per heavy atom. The fourth-order valence-electron chi connectivity index (χ4n) is 2.87. The van der Waals surface area contributed by atoms with E-state index < -0.39 is 12.0 Å². The van der Waals surface area contributed by atoms with Gasteiger partial charge in [-0.2, -0.15) is 0 Å². The van der Waals surface area contributed by atoms with Crippen LogP contribution in [0.15, 0.2) is 42.5 Å². The third-order valence-corrected chi connectivity index (χ3v) is 4.39. The number of carbonyl (C=O) groups excluding carboxylic acids is 1. The van der Waals surface area contributed by atoms with E-state index in [9.17, 15) is 9.90 Å². The van der Waals surface area contributed by atoms with Crippen LogP contribution in [0.25, 0.3) is 0 Å². The summed E-state index contributed by atoms with van der Waals surface area (Å²) in [5.41, 5.74) is 6.21. The van der Waals surface area contributed by atoms with Crippen LogP contribution in [0.3, 0.4) is 0 Å². The van der Waals surface area contributed by atoms with Gasteiger partial charge in [0, 0.05) is 17.7 Å². The van der Waals surface area contributed by atoms with E-state index in [0.29, 0.717) is 48.2 Å². The lowest BCUT2D eigenvalue weighted by atomic mass is 10.1. The quantitative estimate of drug-likeness (QED) is 0.642. The van der Waals surface area contributed by atoms with Crippen molar-refractivity contribution in [3.63, 3.8) is 0 Å². The zero-order chi connectivity index (χ0) is 19.9. The third-order valence-electron chi connectivity index (χ3n) is 4.39. The van der Waals surface area contributed by atoms with E-state index in [1.165, 1.54) is 6.07 Å². The summed E-state index contributed by atoms with van der Waals surface area (Å²) in [6.45, 7) is 3.99. The maximum absolute atomic E-state index is 11.4. The molecule has 150 valence electrons. The van der Waals surface area contributed by atoms with Crippen LogP contribution < -0.4 is 15.2 Å². The molecule has 1 unspecified atom stereocenters. The van der Waals surface area contributed by atoms with Crippen LogP contribution in [0, 0.1) is 0 Å². The summed E-state index contributed by atoms with van der Waals surface area (Å²) in [7, 11) is 0. The number of carbonyl (C=O) groups is 1. The van der Waals surface area contributed by atoms with E-state index in [4.69, 9.17) is 24.7 Å². The zero-order valence-electron chi connectivity index (χ0n) is 15.8. The van der Waals surface area contributed by atoms with E-state index in [2.05, 4.69) is 0 Å². The second kappa shape index (κ2) is 9.54. The lowest BCUT2D eigenvalue weighted by Crippen LogP contribution is -2.16. The van der Waals surface area contributed by atoms with Gasteiger partial charge in [0.05, 0.1) is 25.4 Å². The van der Waals surface area contributed by atoms with Gasteiger partial charge in [0.2, 0.25) is 5.91 Å². The third kappa shape index (κ3) is 5.45. The SMILES string of the molecule is C[C@@H](O)c1ccc(C(N)=O)cc1Oc1ccc(OCCOC2CCOC2)cc1. The van der Waals surface area contributed by atoms with Gasteiger partial charge < -0.3 is 29.8 Å². The monoisotopic (exact) mass is 387 g/mol. The Hall–Kier alpha value is -2.61. The highest BCUT2D eigenvalue weighted by Crippen LogP contribution is 2.31. The van der Waals surface area contributed by atoms with Crippen molar-refractivity contribution in [1.29, 1.82) is 0 Å². The van der Waals surface area contributed by atoms with E-state index >= 15 is 0 Å². The van der Waals surface area contributed by atoms with Crippen LogP contribution in [0.2, 0.25) is 0 Å². The lowest BCUT2D eigenvalue weighted by molar-refractivity contribution is 0.0265. The van der Waals surface area contributed by atoms with Crippen molar-refractivity contribution in [2.24, 2.45) is 5.73 Å². The van der Waals surface area contributed by atoms with Gasteiger partial charge in [-0.15, -0.1) is 0 Å². The summed E-state index contributed by atoms with van der Waals surface area (Å²) >= 11 is 0. The van der Waals surface area contributed by atoms with E-state index in [1.54, 1.807) is 43.3 Å². The summed E-state index contributed by atoms with van der Waals surface area (Å²) in [5.74, 6) is 1.07. The molecule has 2 aromatic carbocycles. The standard InChI is InChI=1S/C21H25NO6/c1-14(23)19-7-2-15(21(22)24)12-20(19)28-17-5-3-16(4-6-17)26-10-11-27-18-8-9-25-13-18/h2-7,12,14,18,23H,8-11,13H2,1H3,(H2,22,24)/t14-,18?/m1/s1. The van der Waals surface area contributed by atoms with E-state index in [0.717, 1.165) is 13.0 Å². The van der Waals surface area contributed by atoms with Gasteiger partial charge in [-0.25, -0.2) is 0 Å². The van der Waals surface area contributed by atoms with Gasteiger partial charge in [0.1, 0.15) is 23.9 Å². The first-order chi connectivity index (χ1) is 13.5. The van der Waals surface area contributed by atoms with Gasteiger partial charge in [-0.1, -0.05) is 6.07 Å². The second-order valence-electron chi connectivity index (χ2n) is 6.57. The number of nitrogens with two attached hydrogens (primary N) is 1. The van der Waals surface area contributed by atoms with Crippen LogP contribution in [-0.2, 0) is 9.47 Å². The van der Waals surface area contributed by atoms with Crippen molar-refractivity contribution in [2.75, 3.05) is 26.4 Å². The average Bonchev–Trinajstić information content (AvgIpc) is 3.19. The lowest BCUT2D eigenvalue weighted by Gasteiger charge is -2.15. The normalized spacial score (nSPS) is 17.3. The first-order valence-electron chi connectivity index (χ1n) is 9.25. The van der Waals surface area contributed by atoms with Crippen LogP contribution >= 0.6 is 0 Å². The summed E-state index contributed by atoms with van der Waals surface area (Å²) < 4.78 is 22.4. The van der Waals surface area contributed by atoms with E-state index in [1.807, 2.05) is 0 Å².